The van der Waals surface area contributed by atoms with Gasteiger partial charge in [0.25, 0.3) is 0 Å². The predicted octanol–water partition coefficient (Wildman–Crippen LogP) is 3.72. The fourth-order valence-corrected chi connectivity index (χ4v) is 3.13. The van der Waals surface area contributed by atoms with Crippen LogP contribution in [0.1, 0.15) is 6.42 Å². The van der Waals surface area contributed by atoms with Crippen LogP contribution in [0.15, 0.2) is 22.2 Å². The molecule has 2 heteroatoms. The molecular formula is C12H15BrSi. The third-order valence-corrected chi connectivity index (χ3v) is 4.50. The van der Waals surface area contributed by atoms with Crippen LogP contribution in [-0.2, 0) is 0 Å². The van der Waals surface area contributed by atoms with Crippen molar-refractivity contribution in [3.05, 3.63) is 22.2 Å². The van der Waals surface area contributed by atoms with E-state index in [0.29, 0.717) is 11.8 Å². The molecule has 2 rings (SSSR count). The molecule has 0 N–H and O–H groups in total. The summed E-state index contributed by atoms with van der Waals surface area (Å²) in [6.07, 6.45) is 5.86. The largest absolute Gasteiger partial charge is 0.129 e. The monoisotopic (exact) mass is 266 g/mol. The van der Waals surface area contributed by atoms with E-state index in [-0.39, 0.29) is 0 Å². The van der Waals surface area contributed by atoms with Gasteiger partial charge in [0.2, 0.25) is 0 Å². The van der Waals surface area contributed by atoms with Crippen LogP contribution in [0.2, 0.25) is 19.6 Å². The highest BCUT2D eigenvalue weighted by molar-refractivity contribution is 9.11. The van der Waals surface area contributed by atoms with Crippen LogP contribution in [0.25, 0.3) is 0 Å². The summed E-state index contributed by atoms with van der Waals surface area (Å²) in [6.45, 7) is 6.87. The van der Waals surface area contributed by atoms with Gasteiger partial charge in [0.05, 0.1) is 0 Å². The molecule has 2 unspecified atom stereocenters. The van der Waals surface area contributed by atoms with Gasteiger partial charge in [-0.05, 0) is 6.42 Å². The van der Waals surface area contributed by atoms with Gasteiger partial charge in [0.1, 0.15) is 8.07 Å². The first-order valence-corrected chi connectivity index (χ1v) is 9.38. The summed E-state index contributed by atoms with van der Waals surface area (Å²) in [6, 6.07) is 0. The molecule has 0 heterocycles. The van der Waals surface area contributed by atoms with Crippen LogP contribution in [0.3, 0.4) is 0 Å². The van der Waals surface area contributed by atoms with Gasteiger partial charge < -0.3 is 0 Å². The zero-order valence-corrected chi connectivity index (χ0v) is 11.5. The highest BCUT2D eigenvalue weighted by atomic mass is 79.9. The van der Waals surface area contributed by atoms with Gasteiger partial charge in [0, 0.05) is 21.9 Å². The Morgan fingerprint density at radius 2 is 1.93 bits per heavy atom. The van der Waals surface area contributed by atoms with Gasteiger partial charge >= 0.3 is 0 Å². The van der Waals surface area contributed by atoms with E-state index in [4.69, 9.17) is 0 Å². The molecule has 0 saturated carbocycles. The van der Waals surface area contributed by atoms with Crippen molar-refractivity contribution in [2.45, 2.75) is 26.1 Å². The Kier molecular flexibility index (Phi) is 2.49. The first-order valence-electron chi connectivity index (χ1n) is 5.08. The maximum Gasteiger partial charge on any atom is 0.129 e. The van der Waals surface area contributed by atoms with Crippen LogP contribution in [0, 0.1) is 23.3 Å². The Balaban J connectivity index is 2.24. The smallest absolute Gasteiger partial charge is 0.127 e. The maximum atomic E-state index is 3.67. The van der Waals surface area contributed by atoms with Crippen molar-refractivity contribution in [2.24, 2.45) is 11.8 Å². The lowest BCUT2D eigenvalue weighted by Gasteiger charge is -2.07. The molecule has 0 aromatic carbocycles. The molecule has 2 aliphatic rings. The number of hydrogen-bond donors (Lipinski definition) is 0. The summed E-state index contributed by atoms with van der Waals surface area (Å²) in [5.41, 5.74) is 4.79. The second kappa shape index (κ2) is 3.39. The van der Waals surface area contributed by atoms with Crippen molar-refractivity contribution in [3.8, 4) is 11.5 Å². The highest BCUT2D eigenvalue weighted by Gasteiger charge is 2.33. The number of allylic oxidation sites excluding steroid dienone is 4. The zero-order chi connectivity index (χ0) is 10.3. The fraction of sp³-hybridized carbons (Fsp3) is 0.500. The van der Waals surface area contributed by atoms with E-state index in [1.54, 1.807) is 0 Å². The molecule has 14 heavy (non-hydrogen) atoms. The molecule has 0 radical (unpaired) electrons. The Morgan fingerprint density at radius 3 is 2.43 bits per heavy atom. The van der Waals surface area contributed by atoms with Crippen molar-refractivity contribution < 1.29 is 0 Å². The van der Waals surface area contributed by atoms with Crippen molar-refractivity contribution in [1.29, 1.82) is 0 Å². The summed E-state index contributed by atoms with van der Waals surface area (Å²) >= 11 is 3.67. The van der Waals surface area contributed by atoms with Gasteiger partial charge in [-0.1, -0.05) is 53.6 Å². The molecule has 2 atom stereocenters. The molecule has 2 bridgehead atoms. The SMILES string of the molecule is C[Si](C)(C)C#CC1=C(Br)C2C=CC1C2. The summed E-state index contributed by atoms with van der Waals surface area (Å²) in [7, 11) is -1.22. The summed E-state index contributed by atoms with van der Waals surface area (Å²) in [5, 5.41) is 0. The Morgan fingerprint density at radius 1 is 1.29 bits per heavy atom. The van der Waals surface area contributed by atoms with Gasteiger partial charge in [-0.15, -0.1) is 5.54 Å². The lowest BCUT2D eigenvalue weighted by molar-refractivity contribution is 0.720. The van der Waals surface area contributed by atoms with Crippen LogP contribution in [0.4, 0.5) is 0 Å². The van der Waals surface area contributed by atoms with E-state index in [1.165, 1.54) is 16.5 Å². The lowest BCUT2D eigenvalue weighted by atomic mass is 10.0. The Labute approximate surface area is 95.6 Å². The quantitative estimate of drug-likeness (QED) is 0.356. The molecule has 74 valence electrons. The van der Waals surface area contributed by atoms with E-state index >= 15 is 0 Å². The van der Waals surface area contributed by atoms with Gasteiger partial charge in [-0.25, -0.2) is 0 Å². The molecular weight excluding hydrogens is 252 g/mol. The van der Waals surface area contributed by atoms with Crippen LogP contribution in [-0.4, -0.2) is 8.07 Å². The van der Waals surface area contributed by atoms with Crippen molar-refractivity contribution in [1.82, 2.24) is 0 Å². The minimum absolute atomic E-state index is 0.609. The van der Waals surface area contributed by atoms with E-state index < -0.39 is 8.07 Å². The van der Waals surface area contributed by atoms with Crippen molar-refractivity contribution >= 4 is 24.0 Å². The number of fused-ring (bicyclic) bond motifs is 2. The van der Waals surface area contributed by atoms with Crippen LogP contribution < -0.4 is 0 Å². The summed E-state index contributed by atoms with van der Waals surface area (Å²) in [5.74, 6) is 4.64. The standard InChI is InChI=1S/C12H15BrSi/c1-14(2,3)7-6-11-9-4-5-10(8-9)12(11)13/h4-5,9-10H,8H2,1-3H3. The van der Waals surface area contributed by atoms with Gasteiger partial charge in [0.15, 0.2) is 0 Å². The lowest BCUT2D eigenvalue weighted by Crippen LogP contribution is -2.16. The molecule has 0 spiro atoms. The molecule has 0 nitrogen and oxygen atoms in total. The van der Waals surface area contributed by atoms with E-state index in [2.05, 4.69) is 59.2 Å². The Hall–Kier alpha value is -0.263. The second-order valence-corrected chi connectivity index (χ2v) is 10.7. The Bertz CT molecular complexity index is 373. The number of rotatable bonds is 0. The molecule has 0 aromatic heterocycles. The summed E-state index contributed by atoms with van der Waals surface area (Å²) in [4.78, 5) is 0. The third kappa shape index (κ3) is 1.89. The normalized spacial score (nSPS) is 29.4. The molecule has 0 aromatic rings. The molecule has 0 fully saturated rings. The maximum absolute atomic E-state index is 3.67. The molecule has 2 aliphatic carbocycles. The average Bonchev–Trinajstić information content (AvgIpc) is 2.60. The second-order valence-electron chi connectivity index (χ2n) is 5.10. The van der Waals surface area contributed by atoms with Crippen molar-refractivity contribution in [3.63, 3.8) is 0 Å². The number of hydrogen-bond acceptors (Lipinski definition) is 0. The third-order valence-electron chi connectivity index (χ3n) is 2.61. The minimum Gasteiger partial charge on any atom is -0.127 e. The van der Waals surface area contributed by atoms with E-state index in [9.17, 15) is 0 Å². The fourth-order valence-electron chi connectivity index (χ4n) is 1.89. The van der Waals surface area contributed by atoms with E-state index in [1.807, 2.05) is 0 Å². The van der Waals surface area contributed by atoms with Crippen LogP contribution >= 0.6 is 15.9 Å². The van der Waals surface area contributed by atoms with E-state index in [0.717, 1.165) is 0 Å². The van der Waals surface area contributed by atoms with Crippen molar-refractivity contribution in [2.75, 3.05) is 0 Å². The molecule has 0 amide bonds. The zero-order valence-electron chi connectivity index (χ0n) is 8.89. The number of halogens is 1. The average molecular weight is 267 g/mol. The van der Waals surface area contributed by atoms with Crippen LogP contribution in [0.5, 0.6) is 0 Å². The first kappa shape index (κ1) is 10.3. The summed E-state index contributed by atoms with van der Waals surface area (Å²) < 4.78 is 1.34. The highest BCUT2D eigenvalue weighted by Crippen LogP contribution is 2.46. The van der Waals surface area contributed by atoms with Gasteiger partial charge in [-0.3, -0.25) is 0 Å². The molecule has 0 aliphatic heterocycles. The van der Waals surface area contributed by atoms with Gasteiger partial charge in [-0.2, -0.15) is 0 Å². The minimum atomic E-state index is -1.22. The first-order chi connectivity index (χ1) is 6.47. The topological polar surface area (TPSA) is 0 Å². The molecule has 0 saturated heterocycles. The predicted molar refractivity (Wildman–Crippen MR) is 67.8 cm³/mol.